The second kappa shape index (κ2) is 9.26. The molecule has 0 N–H and O–H groups in total. The number of amides is 1. The highest BCUT2D eigenvalue weighted by Gasteiger charge is 2.22. The second-order valence-electron chi connectivity index (χ2n) is 7.58. The fraction of sp³-hybridized carbons (Fsp3) is 0.571. The van der Waals surface area contributed by atoms with Crippen molar-refractivity contribution in [2.75, 3.05) is 40.4 Å². The minimum atomic E-state index is -0.144. The molecule has 8 nitrogen and oxygen atoms in total. The van der Waals surface area contributed by atoms with Crippen LogP contribution in [0.2, 0.25) is 0 Å². The zero-order valence-electron chi connectivity index (χ0n) is 17.7. The van der Waals surface area contributed by atoms with Crippen molar-refractivity contribution >= 4 is 16.8 Å². The van der Waals surface area contributed by atoms with Gasteiger partial charge in [-0.1, -0.05) is 0 Å². The van der Waals surface area contributed by atoms with Crippen molar-refractivity contribution in [3.8, 4) is 11.5 Å². The quantitative estimate of drug-likeness (QED) is 0.702. The third-order valence-corrected chi connectivity index (χ3v) is 5.52. The first-order chi connectivity index (χ1) is 13.9. The molecule has 1 fully saturated rings. The lowest BCUT2D eigenvalue weighted by atomic mass is 10.2. The molecule has 1 aromatic carbocycles. The van der Waals surface area contributed by atoms with Crippen molar-refractivity contribution in [2.24, 2.45) is 0 Å². The van der Waals surface area contributed by atoms with Gasteiger partial charge in [-0.25, -0.2) is 4.98 Å². The lowest BCUT2D eigenvalue weighted by Crippen LogP contribution is -2.50. The molecule has 1 aliphatic rings. The Bertz CT molecular complexity index is 917. The molecule has 0 radical (unpaired) electrons. The molecule has 0 unspecified atom stereocenters. The summed E-state index contributed by atoms with van der Waals surface area (Å²) in [7, 11) is 3.08. The molecular formula is C21H30N4O4. The summed E-state index contributed by atoms with van der Waals surface area (Å²) in [5, 5.41) is 0.473. The Balaban J connectivity index is 1.61. The molecule has 0 aliphatic carbocycles. The number of nitrogens with zero attached hydrogens (tertiary/aromatic N) is 4. The molecule has 1 aromatic heterocycles. The summed E-state index contributed by atoms with van der Waals surface area (Å²) in [6, 6.07) is 3.86. The molecule has 3 rings (SSSR count). The molecule has 0 spiro atoms. The molecule has 2 heterocycles. The highest BCUT2D eigenvalue weighted by molar-refractivity contribution is 5.81. The van der Waals surface area contributed by atoms with E-state index in [1.807, 2.05) is 4.90 Å². The SMILES string of the molecule is COc1cc2ncn(CCCC(=O)N3CCN(C(C)C)CC3)c(=O)c2cc1OC. The number of carbonyl (C=O) groups is 1. The van der Waals surface area contributed by atoms with E-state index in [1.165, 1.54) is 13.4 Å². The van der Waals surface area contributed by atoms with Gasteiger partial charge in [0.25, 0.3) is 5.56 Å². The van der Waals surface area contributed by atoms with E-state index in [1.54, 1.807) is 23.8 Å². The van der Waals surface area contributed by atoms with Crippen LogP contribution in [0.25, 0.3) is 10.9 Å². The van der Waals surface area contributed by atoms with Crippen LogP contribution in [0.4, 0.5) is 0 Å². The summed E-state index contributed by atoms with van der Waals surface area (Å²) in [5.74, 6) is 1.18. The largest absolute Gasteiger partial charge is 0.493 e. The van der Waals surface area contributed by atoms with Gasteiger partial charge in [-0.2, -0.15) is 0 Å². The lowest BCUT2D eigenvalue weighted by molar-refractivity contribution is -0.133. The van der Waals surface area contributed by atoms with Crippen LogP contribution in [0, 0.1) is 0 Å². The number of hydrogen-bond donors (Lipinski definition) is 0. The molecule has 2 aromatic rings. The molecule has 158 valence electrons. The van der Waals surface area contributed by atoms with Gasteiger partial charge in [0.1, 0.15) is 0 Å². The normalized spacial score (nSPS) is 15.1. The average Bonchev–Trinajstić information content (AvgIpc) is 2.74. The van der Waals surface area contributed by atoms with E-state index in [4.69, 9.17) is 9.47 Å². The third kappa shape index (κ3) is 4.70. The van der Waals surface area contributed by atoms with E-state index in [2.05, 4.69) is 23.7 Å². The van der Waals surface area contributed by atoms with Gasteiger partial charge in [-0.3, -0.25) is 19.1 Å². The predicted molar refractivity (Wildman–Crippen MR) is 112 cm³/mol. The Kier molecular flexibility index (Phi) is 6.74. The van der Waals surface area contributed by atoms with Gasteiger partial charge in [0.2, 0.25) is 5.91 Å². The molecule has 0 saturated carbocycles. The molecule has 1 saturated heterocycles. The Labute approximate surface area is 171 Å². The van der Waals surface area contributed by atoms with Crippen LogP contribution in [0.3, 0.4) is 0 Å². The van der Waals surface area contributed by atoms with Gasteiger partial charge in [-0.05, 0) is 26.3 Å². The van der Waals surface area contributed by atoms with Gasteiger partial charge in [0.15, 0.2) is 11.5 Å². The van der Waals surface area contributed by atoms with E-state index in [-0.39, 0.29) is 11.5 Å². The van der Waals surface area contributed by atoms with E-state index in [0.717, 1.165) is 26.2 Å². The van der Waals surface area contributed by atoms with Crippen LogP contribution in [0.1, 0.15) is 26.7 Å². The average molecular weight is 402 g/mol. The van der Waals surface area contributed by atoms with Crippen molar-refractivity contribution in [3.63, 3.8) is 0 Å². The summed E-state index contributed by atoms with van der Waals surface area (Å²) in [5.41, 5.74) is 0.414. The minimum Gasteiger partial charge on any atom is -0.493 e. The lowest BCUT2D eigenvalue weighted by Gasteiger charge is -2.37. The Morgan fingerprint density at radius 2 is 1.76 bits per heavy atom. The maximum atomic E-state index is 12.8. The summed E-state index contributed by atoms with van der Waals surface area (Å²) >= 11 is 0. The van der Waals surface area contributed by atoms with E-state index < -0.39 is 0 Å². The summed E-state index contributed by atoms with van der Waals surface area (Å²) < 4.78 is 12.1. The first-order valence-corrected chi connectivity index (χ1v) is 10.1. The molecule has 1 aliphatic heterocycles. The molecule has 0 bridgehead atoms. The molecule has 1 amide bonds. The zero-order valence-corrected chi connectivity index (χ0v) is 17.7. The van der Waals surface area contributed by atoms with Crippen LogP contribution < -0.4 is 15.0 Å². The Morgan fingerprint density at radius 1 is 1.10 bits per heavy atom. The molecule has 29 heavy (non-hydrogen) atoms. The van der Waals surface area contributed by atoms with Gasteiger partial charge in [-0.15, -0.1) is 0 Å². The summed E-state index contributed by atoms with van der Waals surface area (Å²) in [6.45, 7) is 8.20. The Hall–Kier alpha value is -2.61. The first-order valence-electron chi connectivity index (χ1n) is 10.1. The van der Waals surface area contributed by atoms with Gasteiger partial charge in [0, 0.05) is 51.3 Å². The smallest absolute Gasteiger partial charge is 0.261 e. The number of rotatable bonds is 7. The molecular weight excluding hydrogens is 372 g/mol. The molecule has 0 atom stereocenters. The van der Waals surface area contributed by atoms with Gasteiger partial charge in [0.05, 0.1) is 31.4 Å². The number of carbonyl (C=O) groups excluding carboxylic acids is 1. The van der Waals surface area contributed by atoms with Crippen molar-refractivity contribution in [1.82, 2.24) is 19.4 Å². The number of piperazine rings is 1. The fourth-order valence-corrected chi connectivity index (χ4v) is 3.69. The number of ether oxygens (including phenoxy) is 2. The second-order valence-corrected chi connectivity index (χ2v) is 7.58. The monoisotopic (exact) mass is 402 g/mol. The first kappa shape index (κ1) is 21.1. The fourth-order valence-electron chi connectivity index (χ4n) is 3.69. The van der Waals surface area contributed by atoms with Crippen LogP contribution in [-0.2, 0) is 11.3 Å². The summed E-state index contributed by atoms with van der Waals surface area (Å²) in [6.07, 6.45) is 2.56. The van der Waals surface area contributed by atoms with Crippen LogP contribution in [0.15, 0.2) is 23.3 Å². The highest BCUT2D eigenvalue weighted by atomic mass is 16.5. The van der Waals surface area contributed by atoms with Gasteiger partial charge >= 0.3 is 0 Å². The third-order valence-electron chi connectivity index (χ3n) is 5.52. The van der Waals surface area contributed by atoms with Crippen LogP contribution >= 0.6 is 0 Å². The van der Waals surface area contributed by atoms with Crippen molar-refractivity contribution < 1.29 is 14.3 Å². The zero-order chi connectivity index (χ0) is 21.0. The van der Waals surface area contributed by atoms with E-state index in [0.29, 0.717) is 47.8 Å². The number of aromatic nitrogens is 2. The number of fused-ring (bicyclic) bond motifs is 1. The number of benzene rings is 1. The predicted octanol–water partition coefficient (Wildman–Crippen LogP) is 1.75. The van der Waals surface area contributed by atoms with Crippen LogP contribution in [-0.4, -0.2) is 71.7 Å². The van der Waals surface area contributed by atoms with Crippen molar-refractivity contribution in [3.05, 3.63) is 28.8 Å². The van der Waals surface area contributed by atoms with Crippen molar-refractivity contribution in [1.29, 1.82) is 0 Å². The van der Waals surface area contributed by atoms with E-state index >= 15 is 0 Å². The van der Waals surface area contributed by atoms with Gasteiger partial charge < -0.3 is 14.4 Å². The number of aryl methyl sites for hydroxylation is 1. The maximum absolute atomic E-state index is 12.8. The summed E-state index contributed by atoms with van der Waals surface area (Å²) in [4.78, 5) is 34.0. The molecule has 8 heteroatoms. The Morgan fingerprint density at radius 3 is 2.38 bits per heavy atom. The maximum Gasteiger partial charge on any atom is 0.261 e. The number of hydrogen-bond acceptors (Lipinski definition) is 6. The van der Waals surface area contributed by atoms with Crippen LogP contribution in [0.5, 0.6) is 11.5 Å². The topological polar surface area (TPSA) is 76.9 Å². The highest BCUT2D eigenvalue weighted by Crippen LogP contribution is 2.29. The standard InChI is InChI=1S/C21H30N4O4/c1-15(2)23-8-10-24(11-9-23)20(26)6-5-7-25-14-22-17-13-19(29-4)18(28-3)12-16(17)21(25)27/h12-15H,5-11H2,1-4H3. The van der Waals surface area contributed by atoms with Crippen molar-refractivity contribution in [2.45, 2.75) is 39.3 Å². The number of methoxy groups -OCH3 is 2. The van der Waals surface area contributed by atoms with E-state index in [9.17, 15) is 9.59 Å². The minimum absolute atomic E-state index is 0.144.